The van der Waals surface area contributed by atoms with Crippen LogP contribution in [0.25, 0.3) is 0 Å². The van der Waals surface area contributed by atoms with Crippen molar-refractivity contribution in [3.05, 3.63) is 47.8 Å². The summed E-state index contributed by atoms with van der Waals surface area (Å²) >= 11 is 0. The van der Waals surface area contributed by atoms with Crippen LogP contribution in [0.1, 0.15) is 29.0 Å². The monoisotopic (exact) mass is 347 g/mol. The molecule has 2 aliphatic rings. The first-order valence-electron chi connectivity index (χ1n) is 8.44. The molecule has 0 saturated heterocycles. The van der Waals surface area contributed by atoms with E-state index in [0.717, 1.165) is 5.75 Å². The lowest BCUT2D eigenvalue weighted by Crippen LogP contribution is -2.50. The number of para-hydroxylation sites is 1. The van der Waals surface area contributed by atoms with Crippen LogP contribution >= 0.6 is 0 Å². The number of benzene rings is 1. The molecule has 1 aromatic carbocycles. The maximum absolute atomic E-state index is 13.5. The fourth-order valence-corrected chi connectivity index (χ4v) is 3.27. The molecule has 1 aromatic heterocycles. The van der Waals surface area contributed by atoms with Crippen molar-refractivity contribution < 1.29 is 18.3 Å². The summed E-state index contributed by atoms with van der Waals surface area (Å²) in [6.07, 6.45) is 0.408. The van der Waals surface area contributed by atoms with Gasteiger partial charge in [-0.15, -0.1) is 0 Å². The van der Waals surface area contributed by atoms with E-state index in [-0.39, 0.29) is 25.5 Å². The summed E-state index contributed by atoms with van der Waals surface area (Å²) in [5.41, 5.74) is 1.10. The molecule has 0 unspecified atom stereocenters. The van der Waals surface area contributed by atoms with Gasteiger partial charge in [0.25, 0.3) is 11.8 Å². The van der Waals surface area contributed by atoms with E-state index in [2.05, 4.69) is 5.10 Å². The van der Waals surface area contributed by atoms with Crippen molar-refractivity contribution in [3.8, 4) is 5.75 Å². The Hall–Kier alpha value is -2.44. The number of amides is 1. The van der Waals surface area contributed by atoms with Gasteiger partial charge in [0.05, 0.1) is 6.54 Å². The number of ether oxygens (including phenoxy) is 1. The summed E-state index contributed by atoms with van der Waals surface area (Å²) in [7, 11) is 0. The molecule has 1 atom stereocenters. The summed E-state index contributed by atoms with van der Waals surface area (Å²) in [6, 6.07) is 11.1. The van der Waals surface area contributed by atoms with Crippen LogP contribution in [0.15, 0.2) is 36.4 Å². The second-order valence-electron chi connectivity index (χ2n) is 6.59. The van der Waals surface area contributed by atoms with Gasteiger partial charge in [-0.05, 0) is 24.6 Å². The molecule has 0 N–H and O–H groups in total. The highest BCUT2D eigenvalue weighted by Crippen LogP contribution is 2.43. The lowest BCUT2D eigenvalue weighted by atomic mass is 9.80. The minimum Gasteiger partial charge on any atom is -0.487 e. The van der Waals surface area contributed by atoms with Crippen LogP contribution < -0.4 is 4.74 Å². The molecule has 2 heterocycles. The molecular formula is C18H19F2N3O2. The molecule has 4 rings (SSSR count). The third kappa shape index (κ3) is 3.10. The Morgan fingerprint density at radius 1 is 1.24 bits per heavy atom. The smallest absolute Gasteiger partial charge is 0.272 e. The highest BCUT2D eigenvalue weighted by Gasteiger charge is 2.49. The summed E-state index contributed by atoms with van der Waals surface area (Å²) in [5.74, 6) is -2.85. The van der Waals surface area contributed by atoms with Crippen LogP contribution in [0, 0.1) is 5.92 Å². The van der Waals surface area contributed by atoms with Crippen LogP contribution in [0.3, 0.4) is 0 Å². The Kier molecular flexibility index (Phi) is 3.94. The van der Waals surface area contributed by atoms with E-state index < -0.39 is 11.8 Å². The van der Waals surface area contributed by atoms with E-state index in [0.29, 0.717) is 30.9 Å². The Balaban J connectivity index is 1.42. The largest absolute Gasteiger partial charge is 0.487 e. The van der Waals surface area contributed by atoms with E-state index in [4.69, 9.17) is 4.74 Å². The quantitative estimate of drug-likeness (QED) is 0.835. The second kappa shape index (κ2) is 6.13. The maximum Gasteiger partial charge on any atom is 0.272 e. The van der Waals surface area contributed by atoms with Crippen molar-refractivity contribution >= 4 is 5.91 Å². The first-order valence-corrected chi connectivity index (χ1v) is 8.44. The van der Waals surface area contributed by atoms with E-state index in [1.165, 1.54) is 4.90 Å². The van der Waals surface area contributed by atoms with Crippen molar-refractivity contribution in [2.24, 2.45) is 5.92 Å². The van der Waals surface area contributed by atoms with Crippen molar-refractivity contribution in [2.75, 3.05) is 13.1 Å². The third-order valence-corrected chi connectivity index (χ3v) is 4.91. The molecule has 1 aliphatic carbocycles. The normalized spacial score (nSPS) is 21.6. The molecule has 5 nitrogen and oxygen atoms in total. The van der Waals surface area contributed by atoms with Gasteiger partial charge < -0.3 is 9.64 Å². The van der Waals surface area contributed by atoms with Crippen molar-refractivity contribution in [3.63, 3.8) is 0 Å². The maximum atomic E-state index is 13.5. The van der Waals surface area contributed by atoms with Gasteiger partial charge in [0.15, 0.2) is 0 Å². The second-order valence-corrected chi connectivity index (χ2v) is 6.59. The molecule has 25 heavy (non-hydrogen) atoms. The molecule has 0 radical (unpaired) electrons. The van der Waals surface area contributed by atoms with E-state index in [1.54, 1.807) is 10.7 Å². The number of carbonyl (C=O) groups is 1. The molecule has 1 saturated carbocycles. The number of halogens is 2. The molecule has 132 valence electrons. The minimum absolute atomic E-state index is 0.0708. The molecule has 1 aliphatic heterocycles. The number of fused-ring (bicyclic) bond motifs is 1. The predicted octanol–water partition coefficient (Wildman–Crippen LogP) is 2.96. The average Bonchev–Trinajstić information content (AvgIpc) is 3.03. The van der Waals surface area contributed by atoms with E-state index in [9.17, 15) is 13.6 Å². The minimum atomic E-state index is -2.63. The zero-order valence-corrected chi connectivity index (χ0v) is 13.7. The lowest BCUT2D eigenvalue weighted by Gasteiger charge is -2.40. The van der Waals surface area contributed by atoms with Gasteiger partial charge in [-0.2, -0.15) is 5.10 Å². The number of hydrogen-bond donors (Lipinski definition) is 0. The van der Waals surface area contributed by atoms with Gasteiger partial charge in [0, 0.05) is 25.4 Å². The van der Waals surface area contributed by atoms with Crippen LogP contribution in [0.5, 0.6) is 5.75 Å². The van der Waals surface area contributed by atoms with Crippen molar-refractivity contribution in [1.82, 2.24) is 14.7 Å². The SMILES string of the molecule is O=C1c2cc(COc3ccccc3)nn2CCN1C[C@@H]1CCC1(F)F. The van der Waals surface area contributed by atoms with E-state index in [1.807, 2.05) is 30.3 Å². The summed E-state index contributed by atoms with van der Waals surface area (Å²) in [4.78, 5) is 14.1. The van der Waals surface area contributed by atoms with Gasteiger partial charge >= 0.3 is 0 Å². The molecule has 7 heteroatoms. The Morgan fingerprint density at radius 2 is 2.04 bits per heavy atom. The molecule has 0 spiro atoms. The van der Waals surface area contributed by atoms with Crippen molar-refractivity contribution in [2.45, 2.75) is 31.9 Å². The Morgan fingerprint density at radius 3 is 2.72 bits per heavy atom. The van der Waals surface area contributed by atoms with Gasteiger partial charge in [0.1, 0.15) is 23.7 Å². The Labute approximate surface area is 144 Å². The van der Waals surface area contributed by atoms with Gasteiger partial charge in [-0.25, -0.2) is 8.78 Å². The third-order valence-electron chi connectivity index (χ3n) is 4.91. The van der Waals surface area contributed by atoms with Crippen LogP contribution in [-0.2, 0) is 13.2 Å². The number of aromatic nitrogens is 2. The molecule has 1 amide bonds. The number of nitrogens with zero attached hydrogens (tertiary/aromatic N) is 3. The average molecular weight is 347 g/mol. The number of rotatable bonds is 5. The van der Waals surface area contributed by atoms with Gasteiger partial charge in [-0.1, -0.05) is 18.2 Å². The van der Waals surface area contributed by atoms with Gasteiger partial charge in [-0.3, -0.25) is 9.48 Å². The van der Waals surface area contributed by atoms with Crippen LogP contribution in [0.4, 0.5) is 8.78 Å². The van der Waals surface area contributed by atoms with Crippen LogP contribution in [0.2, 0.25) is 0 Å². The summed E-state index contributed by atoms with van der Waals surface area (Å²) in [5, 5.41) is 4.39. The Bertz CT molecular complexity index is 776. The number of alkyl halides is 2. The summed E-state index contributed by atoms with van der Waals surface area (Å²) < 4.78 is 34.2. The molecule has 1 fully saturated rings. The first kappa shape index (κ1) is 16.1. The highest BCUT2D eigenvalue weighted by atomic mass is 19.3. The standard InChI is InChI=1S/C18H19F2N3O2/c19-18(20)7-6-13(18)11-22-8-9-23-16(17(22)24)10-14(21-23)12-25-15-4-2-1-3-5-15/h1-5,10,13H,6-9,11-12H2/t13-/m0/s1. The lowest BCUT2D eigenvalue weighted by molar-refractivity contribution is -0.137. The van der Waals surface area contributed by atoms with Gasteiger partial charge in [0.2, 0.25) is 0 Å². The molecule has 0 bridgehead atoms. The van der Waals surface area contributed by atoms with E-state index >= 15 is 0 Å². The summed E-state index contributed by atoms with van der Waals surface area (Å²) in [6.45, 7) is 1.31. The number of carbonyl (C=O) groups excluding carboxylic acids is 1. The molecule has 2 aromatic rings. The fraction of sp³-hybridized carbons (Fsp3) is 0.444. The zero-order chi connectivity index (χ0) is 17.4. The topological polar surface area (TPSA) is 47.4 Å². The molecular weight excluding hydrogens is 328 g/mol. The van der Waals surface area contributed by atoms with Crippen molar-refractivity contribution in [1.29, 1.82) is 0 Å². The zero-order valence-electron chi connectivity index (χ0n) is 13.7. The fourth-order valence-electron chi connectivity index (χ4n) is 3.27. The number of hydrogen-bond acceptors (Lipinski definition) is 3. The highest BCUT2D eigenvalue weighted by molar-refractivity contribution is 5.93. The predicted molar refractivity (Wildman–Crippen MR) is 86.6 cm³/mol. The van der Waals surface area contributed by atoms with Crippen LogP contribution in [-0.4, -0.2) is 39.6 Å². The first-order chi connectivity index (χ1) is 12.0.